The molecule has 6 atom stereocenters. The molecule has 1 fully saturated rings. The Morgan fingerprint density at radius 3 is 1.67 bits per heavy atom. The molecule has 1 rings (SSSR count). The molecule has 0 saturated carbocycles. The maximum Gasteiger partial charge on any atom is 0.408 e. The minimum absolute atomic E-state index is 0.0298. The van der Waals surface area contributed by atoms with E-state index in [-0.39, 0.29) is 24.7 Å². The predicted molar refractivity (Wildman–Crippen MR) is 258 cm³/mol. The molecule has 64 heavy (non-hydrogen) atoms. The van der Waals surface area contributed by atoms with E-state index in [0.29, 0.717) is 19.4 Å². The second kappa shape index (κ2) is 36.4. The van der Waals surface area contributed by atoms with Crippen LogP contribution in [0.4, 0.5) is 4.79 Å². The lowest BCUT2D eigenvalue weighted by Gasteiger charge is -2.47. The largest absolute Gasteiger partial charge is 0.444 e. The molecule has 0 aromatic carbocycles. The number of rotatable bonds is 37. The maximum atomic E-state index is 14.2. The fourth-order valence-corrected chi connectivity index (χ4v) is 8.21. The van der Waals surface area contributed by atoms with Crippen molar-refractivity contribution in [3.05, 3.63) is 12.2 Å². The summed E-state index contributed by atoms with van der Waals surface area (Å²) < 4.78 is 11.4. The highest BCUT2D eigenvalue weighted by Crippen LogP contribution is 2.26. The summed E-state index contributed by atoms with van der Waals surface area (Å²) in [5.74, 6) is -1.46. The van der Waals surface area contributed by atoms with E-state index in [4.69, 9.17) is 9.47 Å². The van der Waals surface area contributed by atoms with Gasteiger partial charge in [0.2, 0.25) is 17.7 Å². The van der Waals surface area contributed by atoms with Crippen LogP contribution in [0.25, 0.3) is 0 Å². The zero-order valence-electron chi connectivity index (χ0n) is 41.6. The van der Waals surface area contributed by atoms with E-state index >= 15 is 0 Å². The van der Waals surface area contributed by atoms with Gasteiger partial charge in [-0.1, -0.05) is 162 Å². The third kappa shape index (κ3) is 28.3. The summed E-state index contributed by atoms with van der Waals surface area (Å²) in [6.07, 6.45) is 27.6. The van der Waals surface area contributed by atoms with Crippen molar-refractivity contribution in [2.75, 3.05) is 19.7 Å². The number of allylic oxidation sites excluding steroid dienone is 2. The number of nitrogens with one attached hydrogen (secondary N) is 3. The van der Waals surface area contributed by atoms with Gasteiger partial charge in [0, 0.05) is 13.0 Å². The van der Waals surface area contributed by atoms with Gasteiger partial charge in [0.05, 0.1) is 6.61 Å². The first-order chi connectivity index (χ1) is 30.6. The zero-order chi connectivity index (χ0) is 47.6. The number of aliphatic hydroxyl groups is 3. The minimum atomic E-state index is -1.58. The third-order valence-electron chi connectivity index (χ3n) is 11.9. The van der Waals surface area contributed by atoms with E-state index in [2.05, 4.69) is 41.9 Å². The first-order valence-corrected chi connectivity index (χ1v) is 25.8. The van der Waals surface area contributed by atoms with Gasteiger partial charge in [-0.2, -0.15) is 0 Å². The van der Waals surface area contributed by atoms with Crippen molar-refractivity contribution < 1.29 is 44.0 Å². The van der Waals surface area contributed by atoms with Crippen molar-refractivity contribution in [3.8, 4) is 0 Å². The SMILES string of the molecule is CCCCCCCCC=CCCCCCCCC(=O)N(CCCCCCCCCCCCCC)[C@@H]1O[C@H](CO)[C@@H](O)[C@H](O)[C@H]1NC(=O)[C@H](CC(C)C)NC(=O)CNC(=O)OC(C)(C)C. The maximum absolute atomic E-state index is 14.2. The van der Waals surface area contributed by atoms with Crippen LogP contribution in [0.15, 0.2) is 12.2 Å². The summed E-state index contributed by atoms with van der Waals surface area (Å²) >= 11 is 0. The number of nitrogens with zero attached hydrogens (tertiary/aromatic N) is 1. The Kier molecular flexibility index (Phi) is 33.7. The summed E-state index contributed by atoms with van der Waals surface area (Å²) in [5, 5.41) is 40.6. The predicted octanol–water partition coefficient (Wildman–Crippen LogP) is 9.53. The van der Waals surface area contributed by atoms with E-state index in [9.17, 15) is 34.5 Å². The molecule has 0 aliphatic carbocycles. The van der Waals surface area contributed by atoms with Crippen molar-refractivity contribution in [2.45, 2.75) is 264 Å². The average molecular weight is 909 g/mol. The van der Waals surface area contributed by atoms with Crippen LogP contribution in [0.3, 0.4) is 0 Å². The average Bonchev–Trinajstić information content (AvgIpc) is 3.24. The molecular weight excluding hydrogens is 813 g/mol. The fraction of sp³-hybridized carbons (Fsp3) is 0.882. The molecule has 374 valence electrons. The second-order valence-corrected chi connectivity index (χ2v) is 19.7. The van der Waals surface area contributed by atoms with Crippen molar-refractivity contribution in [1.29, 1.82) is 0 Å². The Hall–Kier alpha value is -2.74. The van der Waals surface area contributed by atoms with Crippen molar-refractivity contribution >= 4 is 23.8 Å². The highest BCUT2D eigenvalue weighted by atomic mass is 16.6. The second-order valence-electron chi connectivity index (χ2n) is 19.7. The normalized spacial score (nSPS) is 19.5. The highest BCUT2D eigenvalue weighted by molar-refractivity contribution is 5.89. The van der Waals surface area contributed by atoms with E-state index in [1.807, 2.05) is 13.8 Å². The Labute approximate surface area is 389 Å². The number of aliphatic hydroxyl groups excluding tert-OH is 3. The lowest BCUT2D eigenvalue weighted by molar-refractivity contribution is -0.231. The first kappa shape index (κ1) is 59.3. The lowest BCUT2D eigenvalue weighted by Crippen LogP contribution is -2.70. The van der Waals surface area contributed by atoms with Gasteiger partial charge in [-0.3, -0.25) is 14.4 Å². The number of alkyl carbamates (subject to hydrolysis) is 1. The summed E-state index contributed by atoms with van der Waals surface area (Å²) in [6.45, 7) is 12.7. The number of hydrogen-bond acceptors (Lipinski definition) is 9. The van der Waals surface area contributed by atoms with Crippen LogP contribution in [-0.2, 0) is 23.9 Å². The van der Waals surface area contributed by atoms with E-state index in [1.165, 1.54) is 89.9 Å². The van der Waals surface area contributed by atoms with Gasteiger partial charge in [-0.15, -0.1) is 0 Å². The van der Waals surface area contributed by atoms with Gasteiger partial charge in [0.25, 0.3) is 0 Å². The number of carbonyl (C=O) groups is 4. The van der Waals surface area contributed by atoms with Crippen molar-refractivity contribution in [1.82, 2.24) is 20.9 Å². The number of hydrogen-bond donors (Lipinski definition) is 6. The molecule has 13 heteroatoms. The Bertz CT molecular complexity index is 1260. The number of ether oxygens (including phenoxy) is 2. The number of amides is 4. The molecule has 0 aromatic rings. The quantitative estimate of drug-likeness (QED) is 0.0261. The van der Waals surface area contributed by atoms with Crippen LogP contribution in [0.1, 0.15) is 222 Å². The Balaban J connectivity index is 3.02. The molecule has 0 unspecified atom stereocenters. The van der Waals surface area contributed by atoms with E-state index in [0.717, 1.165) is 57.8 Å². The number of unbranched alkanes of at least 4 members (excludes halogenated alkanes) is 22. The Morgan fingerprint density at radius 1 is 0.703 bits per heavy atom. The molecule has 0 spiro atoms. The molecule has 4 amide bonds. The topological polar surface area (TPSA) is 187 Å². The van der Waals surface area contributed by atoms with Crippen LogP contribution in [-0.4, -0.2) is 106 Å². The van der Waals surface area contributed by atoms with Gasteiger partial charge in [0.1, 0.15) is 42.5 Å². The highest BCUT2D eigenvalue weighted by Gasteiger charge is 2.48. The van der Waals surface area contributed by atoms with Gasteiger partial charge in [-0.05, 0) is 71.6 Å². The van der Waals surface area contributed by atoms with Gasteiger partial charge in [-0.25, -0.2) is 4.79 Å². The summed E-state index contributed by atoms with van der Waals surface area (Å²) in [7, 11) is 0. The smallest absolute Gasteiger partial charge is 0.408 e. The minimum Gasteiger partial charge on any atom is -0.444 e. The molecule has 6 N–H and O–H groups in total. The molecule has 1 heterocycles. The van der Waals surface area contributed by atoms with Gasteiger partial charge in [0.15, 0.2) is 6.23 Å². The molecule has 13 nitrogen and oxygen atoms in total. The Morgan fingerprint density at radius 2 is 1.19 bits per heavy atom. The summed E-state index contributed by atoms with van der Waals surface area (Å²) in [6, 6.07) is -2.32. The standard InChI is InChI=1S/C51H96N4O9/c1-8-10-12-14-16-18-20-22-23-24-25-27-29-31-33-35-44(58)55(36-34-32-30-28-26-21-19-17-15-13-11-9-2)49-45(47(60)46(59)42(39-56)63-49)54-48(61)41(37-40(3)4)53-43(57)38-52-50(62)64-51(5,6)7/h22-23,40-42,45-47,49,56,59-60H,8-21,24-39H2,1-7H3,(H,52,62)(H,53,57)(H,54,61)/t41-,42+,45+,46+,47+,49+/m0/s1. The molecule has 0 radical (unpaired) electrons. The molecule has 1 aliphatic heterocycles. The van der Waals surface area contributed by atoms with E-state index in [1.54, 1.807) is 25.7 Å². The first-order valence-electron chi connectivity index (χ1n) is 25.8. The van der Waals surface area contributed by atoms with Gasteiger partial charge >= 0.3 is 6.09 Å². The van der Waals surface area contributed by atoms with Crippen LogP contribution < -0.4 is 16.0 Å². The van der Waals surface area contributed by atoms with Crippen molar-refractivity contribution in [3.63, 3.8) is 0 Å². The van der Waals surface area contributed by atoms with E-state index < -0.39 is 73.3 Å². The molecule has 1 aliphatic rings. The molecule has 0 bridgehead atoms. The van der Waals surface area contributed by atoms with Crippen LogP contribution in [0, 0.1) is 5.92 Å². The molecule has 1 saturated heterocycles. The third-order valence-corrected chi connectivity index (χ3v) is 11.9. The fourth-order valence-electron chi connectivity index (χ4n) is 8.21. The molecular formula is C51H96N4O9. The summed E-state index contributed by atoms with van der Waals surface area (Å²) in [4.78, 5) is 54.9. The molecule has 0 aromatic heterocycles. The monoisotopic (exact) mass is 909 g/mol. The van der Waals surface area contributed by atoms with Gasteiger partial charge < -0.3 is 45.6 Å². The number of carbonyl (C=O) groups excluding carboxylic acids is 4. The lowest BCUT2D eigenvalue weighted by atomic mass is 9.94. The van der Waals surface area contributed by atoms with Crippen LogP contribution in [0.5, 0.6) is 0 Å². The van der Waals surface area contributed by atoms with Crippen molar-refractivity contribution in [2.24, 2.45) is 5.92 Å². The summed E-state index contributed by atoms with van der Waals surface area (Å²) in [5.41, 5.74) is -0.758. The van der Waals surface area contributed by atoms with Crippen LogP contribution >= 0.6 is 0 Å². The zero-order valence-corrected chi connectivity index (χ0v) is 41.6. The van der Waals surface area contributed by atoms with Crippen LogP contribution in [0.2, 0.25) is 0 Å².